The van der Waals surface area contributed by atoms with Crippen LogP contribution >= 0.6 is 0 Å². The predicted octanol–water partition coefficient (Wildman–Crippen LogP) is 3.41. The molecule has 154 valence electrons. The minimum Gasteiger partial charge on any atom is -0.397 e. The van der Waals surface area contributed by atoms with E-state index in [1.807, 2.05) is 18.2 Å². The second-order valence-corrected chi connectivity index (χ2v) is 7.85. The van der Waals surface area contributed by atoms with Crippen LogP contribution in [-0.4, -0.2) is 40.2 Å². The molecule has 2 atom stereocenters. The lowest BCUT2D eigenvalue weighted by molar-refractivity contribution is -0.00521. The molecule has 5 rings (SSSR count). The molecule has 1 saturated heterocycles. The van der Waals surface area contributed by atoms with Gasteiger partial charge in [0.05, 0.1) is 39.8 Å². The van der Waals surface area contributed by atoms with Gasteiger partial charge in [-0.3, -0.25) is 4.79 Å². The van der Waals surface area contributed by atoms with Crippen molar-refractivity contribution in [1.82, 2.24) is 15.0 Å². The molecule has 1 fully saturated rings. The number of hydrogen-bond donors (Lipinski definition) is 3. The van der Waals surface area contributed by atoms with Crippen molar-refractivity contribution in [2.75, 3.05) is 23.7 Å². The number of fused-ring (bicyclic) bond motifs is 2. The predicted molar refractivity (Wildman–Crippen MR) is 116 cm³/mol. The number of nitrogen functional groups attached to an aromatic ring is 1. The van der Waals surface area contributed by atoms with Gasteiger partial charge in [-0.2, -0.15) is 0 Å². The second kappa shape index (κ2) is 6.84. The Hall–Kier alpha value is -3.39. The SMILES string of the molecule is CC1CN(c2ccc3nc(-c4c(N)c5c(F)cccc5[nH]c4=O)[nH]c3c2)CC(C)O1. The van der Waals surface area contributed by atoms with Crippen molar-refractivity contribution in [1.29, 1.82) is 0 Å². The zero-order valence-electron chi connectivity index (χ0n) is 16.7. The first-order chi connectivity index (χ1) is 14.4. The number of H-pyrrole nitrogens is 2. The molecule has 0 aliphatic carbocycles. The maximum Gasteiger partial charge on any atom is 0.261 e. The van der Waals surface area contributed by atoms with E-state index in [-0.39, 0.29) is 28.8 Å². The van der Waals surface area contributed by atoms with Crippen molar-refractivity contribution in [2.45, 2.75) is 26.1 Å². The summed E-state index contributed by atoms with van der Waals surface area (Å²) >= 11 is 0. The van der Waals surface area contributed by atoms with E-state index in [2.05, 4.69) is 33.7 Å². The average molecular weight is 407 g/mol. The number of nitrogens with one attached hydrogen (secondary N) is 2. The number of nitrogens with zero attached hydrogens (tertiary/aromatic N) is 2. The number of halogens is 1. The van der Waals surface area contributed by atoms with Crippen LogP contribution in [-0.2, 0) is 4.74 Å². The summed E-state index contributed by atoms with van der Waals surface area (Å²) in [5, 5.41) is 0.185. The highest BCUT2D eigenvalue weighted by Gasteiger charge is 2.23. The summed E-state index contributed by atoms with van der Waals surface area (Å²) < 4.78 is 20.2. The number of rotatable bonds is 2. The van der Waals surface area contributed by atoms with Gasteiger partial charge in [-0.15, -0.1) is 0 Å². The molecule has 0 amide bonds. The fourth-order valence-electron chi connectivity index (χ4n) is 4.27. The third-order valence-electron chi connectivity index (χ3n) is 5.51. The summed E-state index contributed by atoms with van der Waals surface area (Å²) in [6, 6.07) is 10.4. The molecule has 8 heteroatoms. The molecule has 0 saturated carbocycles. The van der Waals surface area contributed by atoms with Gasteiger partial charge in [0.25, 0.3) is 5.56 Å². The lowest BCUT2D eigenvalue weighted by Crippen LogP contribution is -2.45. The maximum atomic E-state index is 14.4. The van der Waals surface area contributed by atoms with E-state index in [4.69, 9.17) is 10.5 Å². The van der Waals surface area contributed by atoms with Gasteiger partial charge in [-0.25, -0.2) is 9.37 Å². The summed E-state index contributed by atoms with van der Waals surface area (Å²) in [7, 11) is 0. The Balaban J connectivity index is 1.61. The van der Waals surface area contributed by atoms with Crippen molar-refractivity contribution in [3.05, 3.63) is 52.6 Å². The van der Waals surface area contributed by atoms with Crippen LogP contribution < -0.4 is 16.2 Å². The lowest BCUT2D eigenvalue weighted by Gasteiger charge is -2.36. The fraction of sp³-hybridized carbons (Fsp3) is 0.273. The Labute approximate surface area is 171 Å². The molecule has 1 aliphatic heterocycles. The molecule has 3 heterocycles. The largest absolute Gasteiger partial charge is 0.397 e. The van der Waals surface area contributed by atoms with Gasteiger partial charge in [0.1, 0.15) is 17.2 Å². The highest BCUT2D eigenvalue weighted by Crippen LogP contribution is 2.31. The maximum absolute atomic E-state index is 14.4. The number of morpholine rings is 1. The molecule has 1 aliphatic rings. The van der Waals surface area contributed by atoms with E-state index in [0.29, 0.717) is 16.9 Å². The number of imidazole rings is 1. The number of anilines is 2. The summed E-state index contributed by atoms with van der Waals surface area (Å²) in [5.74, 6) is -0.175. The van der Waals surface area contributed by atoms with Crippen molar-refractivity contribution in [3.8, 4) is 11.4 Å². The molecule has 30 heavy (non-hydrogen) atoms. The minimum absolute atomic E-state index is 0.0713. The van der Waals surface area contributed by atoms with Gasteiger partial charge < -0.3 is 25.3 Å². The average Bonchev–Trinajstić information content (AvgIpc) is 3.09. The zero-order chi connectivity index (χ0) is 21.0. The normalized spacial score (nSPS) is 19.6. The van der Waals surface area contributed by atoms with Crippen molar-refractivity contribution >= 4 is 33.3 Å². The van der Waals surface area contributed by atoms with Gasteiger partial charge in [0, 0.05) is 18.8 Å². The van der Waals surface area contributed by atoms with E-state index < -0.39 is 11.4 Å². The first-order valence-corrected chi connectivity index (χ1v) is 9.91. The van der Waals surface area contributed by atoms with Crippen molar-refractivity contribution in [3.63, 3.8) is 0 Å². The summed E-state index contributed by atoms with van der Waals surface area (Å²) in [4.78, 5) is 25.4. The summed E-state index contributed by atoms with van der Waals surface area (Å²) in [5.41, 5.74) is 8.89. The standard InChI is InChI=1S/C22H22FN5O2/c1-11-9-28(10-12(2)30-11)13-6-7-15-17(8-13)26-21(25-15)19-20(24)18-14(23)4-3-5-16(18)27-22(19)29/h3-8,11-12H,9-10H2,1-2H3,(H,25,26)(H3,24,27,29). The second-order valence-electron chi connectivity index (χ2n) is 7.85. The molecule has 2 aromatic heterocycles. The first kappa shape index (κ1) is 18.6. The van der Waals surface area contributed by atoms with E-state index >= 15 is 0 Å². The highest BCUT2D eigenvalue weighted by atomic mass is 19.1. The number of nitrogens with two attached hydrogens (primary N) is 1. The van der Waals surface area contributed by atoms with E-state index in [9.17, 15) is 9.18 Å². The number of hydrogen-bond acceptors (Lipinski definition) is 5. The van der Waals surface area contributed by atoms with Gasteiger partial charge >= 0.3 is 0 Å². The molecular weight excluding hydrogens is 385 g/mol. The van der Waals surface area contributed by atoms with Crippen molar-refractivity contribution in [2.24, 2.45) is 0 Å². The van der Waals surface area contributed by atoms with E-state index in [1.54, 1.807) is 6.07 Å². The monoisotopic (exact) mass is 407 g/mol. The van der Waals surface area contributed by atoms with Crippen LogP contribution in [0.15, 0.2) is 41.2 Å². The quantitative estimate of drug-likeness (QED) is 0.473. The van der Waals surface area contributed by atoms with Crippen LogP contribution in [0.4, 0.5) is 15.8 Å². The van der Waals surface area contributed by atoms with Gasteiger partial charge in [-0.05, 0) is 44.2 Å². The van der Waals surface area contributed by atoms with Gasteiger partial charge in [0.2, 0.25) is 0 Å². The molecule has 0 bridgehead atoms. The van der Waals surface area contributed by atoms with Crippen LogP contribution in [0.5, 0.6) is 0 Å². The number of ether oxygens (including phenoxy) is 1. The fourth-order valence-corrected chi connectivity index (χ4v) is 4.27. The van der Waals surface area contributed by atoms with Crippen LogP contribution in [0.3, 0.4) is 0 Å². The number of aromatic nitrogens is 3. The summed E-state index contributed by atoms with van der Waals surface area (Å²) in [6.07, 6.45) is 0.292. The third-order valence-corrected chi connectivity index (χ3v) is 5.51. The molecule has 7 nitrogen and oxygen atoms in total. The molecule has 4 N–H and O–H groups in total. The van der Waals surface area contributed by atoms with Crippen LogP contribution in [0.2, 0.25) is 0 Å². The molecule has 4 aromatic rings. The Morgan fingerprint density at radius 3 is 2.67 bits per heavy atom. The Morgan fingerprint density at radius 1 is 1.13 bits per heavy atom. The minimum atomic E-state index is -0.489. The molecule has 0 spiro atoms. The third kappa shape index (κ3) is 3.00. The number of benzene rings is 2. The lowest BCUT2D eigenvalue weighted by atomic mass is 10.1. The zero-order valence-corrected chi connectivity index (χ0v) is 16.7. The smallest absolute Gasteiger partial charge is 0.261 e. The van der Waals surface area contributed by atoms with Gasteiger partial charge in [-0.1, -0.05) is 6.07 Å². The number of pyridine rings is 1. The van der Waals surface area contributed by atoms with Crippen LogP contribution in [0, 0.1) is 5.82 Å². The number of aromatic amines is 2. The van der Waals surface area contributed by atoms with E-state index in [0.717, 1.165) is 24.3 Å². The summed E-state index contributed by atoms with van der Waals surface area (Å²) in [6.45, 7) is 5.72. The van der Waals surface area contributed by atoms with Crippen LogP contribution in [0.1, 0.15) is 13.8 Å². The first-order valence-electron chi connectivity index (χ1n) is 9.91. The molecular formula is C22H22FN5O2. The topological polar surface area (TPSA) is 100 Å². The Morgan fingerprint density at radius 2 is 1.90 bits per heavy atom. The van der Waals surface area contributed by atoms with E-state index in [1.165, 1.54) is 12.1 Å². The highest BCUT2D eigenvalue weighted by molar-refractivity contribution is 5.98. The Bertz CT molecular complexity index is 1320. The van der Waals surface area contributed by atoms with Gasteiger partial charge in [0.15, 0.2) is 0 Å². The molecule has 2 aromatic carbocycles. The molecule has 2 unspecified atom stereocenters. The van der Waals surface area contributed by atoms with Crippen molar-refractivity contribution < 1.29 is 9.13 Å². The Kier molecular flexibility index (Phi) is 4.25. The van der Waals surface area contributed by atoms with Crippen LogP contribution in [0.25, 0.3) is 33.3 Å². The molecule has 0 radical (unpaired) electrons.